The van der Waals surface area contributed by atoms with E-state index in [0.29, 0.717) is 6.42 Å². The first-order valence-electron chi connectivity index (χ1n) is 3.92. The van der Waals surface area contributed by atoms with E-state index < -0.39 is 0 Å². The van der Waals surface area contributed by atoms with Gasteiger partial charge in [-0.1, -0.05) is 25.7 Å². The van der Waals surface area contributed by atoms with E-state index in [2.05, 4.69) is 11.8 Å². The van der Waals surface area contributed by atoms with Gasteiger partial charge >= 0.3 is 5.97 Å². The summed E-state index contributed by atoms with van der Waals surface area (Å²) in [6.45, 7) is 3.97. The predicted molar refractivity (Wildman–Crippen MR) is 41.7 cm³/mol. The first-order chi connectivity index (χ1) is 5.24. The highest BCUT2D eigenvalue weighted by Gasteiger charge is 2.29. The molecule has 2 nitrogen and oxygen atoms in total. The molecular formula is C9H12O2. The monoisotopic (exact) mass is 152 g/mol. The fourth-order valence-corrected chi connectivity index (χ4v) is 1.05. The second kappa shape index (κ2) is 3.43. The minimum atomic E-state index is -0.151. The van der Waals surface area contributed by atoms with Crippen molar-refractivity contribution >= 4 is 5.97 Å². The minimum Gasteiger partial charge on any atom is -0.449 e. The molecule has 2 heteroatoms. The number of ether oxygens (including phenoxy) is 1. The number of rotatable bonds is 0. The van der Waals surface area contributed by atoms with E-state index in [1.54, 1.807) is 0 Å². The molecule has 1 saturated heterocycles. The Balaban J connectivity index is 2.53. The molecule has 1 rings (SSSR count). The second-order valence-corrected chi connectivity index (χ2v) is 2.77. The maximum atomic E-state index is 10.7. The van der Waals surface area contributed by atoms with E-state index in [4.69, 9.17) is 4.74 Å². The molecule has 0 aliphatic carbocycles. The van der Waals surface area contributed by atoms with Crippen molar-refractivity contribution in [1.29, 1.82) is 0 Å². The summed E-state index contributed by atoms with van der Waals surface area (Å²) in [7, 11) is 0. The lowest BCUT2D eigenvalue weighted by Gasteiger charge is -2.03. The van der Waals surface area contributed by atoms with E-state index in [1.807, 2.05) is 13.8 Å². The van der Waals surface area contributed by atoms with Gasteiger partial charge in [0.25, 0.3) is 0 Å². The summed E-state index contributed by atoms with van der Waals surface area (Å²) in [6.07, 6.45) is 1.19. The summed E-state index contributed by atoms with van der Waals surface area (Å²) in [5, 5.41) is 0. The topological polar surface area (TPSA) is 26.3 Å². The van der Waals surface area contributed by atoms with Gasteiger partial charge in [0.05, 0.1) is 6.42 Å². The molecular weight excluding hydrogens is 140 g/mol. The van der Waals surface area contributed by atoms with Gasteiger partial charge in [-0.3, -0.25) is 4.79 Å². The van der Waals surface area contributed by atoms with Crippen LogP contribution < -0.4 is 0 Å². The van der Waals surface area contributed by atoms with Crippen LogP contribution in [0.4, 0.5) is 0 Å². The smallest absolute Gasteiger partial charge is 0.307 e. The maximum Gasteiger partial charge on any atom is 0.307 e. The number of carbonyl (C=O) groups is 1. The van der Waals surface area contributed by atoms with Crippen molar-refractivity contribution in [2.45, 2.75) is 32.8 Å². The molecule has 0 unspecified atom stereocenters. The van der Waals surface area contributed by atoms with Gasteiger partial charge in [0, 0.05) is 12.3 Å². The first kappa shape index (κ1) is 8.13. The lowest BCUT2D eigenvalue weighted by Crippen LogP contribution is -2.09. The molecule has 0 radical (unpaired) electrons. The van der Waals surface area contributed by atoms with Crippen LogP contribution in [0.2, 0.25) is 0 Å². The van der Waals surface area contributed by atoms with E-state index in [0.717, 1.165) is 6.42 Å². The van der Waals surface area contributed by atoms with E-state index in [1.165, 1.54) is 0 Å². The predicted octanol–water partition coefficient (Wildman–Crippen LogP) is 1.35. The van der Waals surface area contributed by atoms with E-state index >= 15 is 0 Å². The first-order valence-corrected chi connectivity index (χ1v) is 3.92. The molecule has 2 atom stereocenters. The Morgan fingerprint density at radius 1 is 1.73 bits per heavy atom. The molecule has 1 heterocycles. The van der Waals surface area contributed by atoms with Crippen LogP contribution in [-0.4, -0.2) is 12.1 Å². The fourth-order valence-electron chi connectivity index (χ4n) is 1.05. The maximum absolute atomic E-state index is 10.7. The highest BCUT2D eigenvalue weighted by Crippen LogP contribution is 2.20. The number of hydrogen-bond donors (Lipinski definition) is 0. The molecule has 1 aliphatic rings. The molecule has 0 amide bonds. The van der Waals surface area contributed by atoms with Crippen LogP contribution in [0.5, 0.6) is 0 Å². The van der Waals surface area contributed by atoms with Gasteiger partial charge in [-0.05, 0) is 0 Å². The Labute approximate surface area is 66.9 Å². The molecule has 0 aromatic rings. The Hall–Kier alpha value is -0.970. The third kappa shape index (κ3) is 1.98. The van der Waals surface area contributed by atoms with Gasteiger partial charge < -0.3 is 4.74 Å². The fraction of sp³-hybridized carbons (Fsp3) is 0.667. The molecule has 0 saturated carbocycles. The van der Waals surface area contributed by atoms with Gasteiger partial charge in [0.15, 0.2) is 6.10 Å². The van der Waals surface area contributed by atoms with E-state index in [9.17, 15) is 4.79 Å². The molecule has 0 N–H and O–H groups in total. The Morgan fingerprint density at radius 2 is 2.45 bits per heavy atom. The second-order valence-electron chi connectivity index (χ2n) is 2.77. The molecule has 60 valence electrons. The summed E-state index contributed by atoms with van der Waals surface area (Å²) in [5.41, 5.74) is 0. The zero-order chi connectivity index (χ0) is 8.27. The van der Waals surface area contributed by atoms with Crippen LogP contribution in [0.3, 0.4) is 0 Å². The number of hydrogen-bond acceptors (Lipinski definition) is 2. The zero-order valence-electron chi connectivity index (χ0n) is 6.89. The van der Waals surface area contributed by atoms with Crippen molar-refractivity contribution < 1.29 is 9.53 Å². The average Bonchev–Trinajstić information content (AvgIpc) is 2.26. The van der Waals surface area contributed by atoms with Crippen molar-refractivity contribution in [3.05, 3.63) is 0 Å². The third-order valence-electron chi connectivity index (χ3n) is 1.68. The molecule has 0 aromatic heterocycles. The van der Waals surface area contributed by atoms with Crippen molar-refractivity contribution in [2.75, 3.05) is 0 Å². The van der Waals surface area contributed by atoms with Crippen LogP contribution in [-0.2, 0) is 9.53 Å². The van der Waals surface area contributed by atoms with Crippen molar-refractivity contribution in [2.24, 2.45) is 5.92 Å². The molecule has 11 heavy (non-hydrogen) atoms. The number of cyclic esters (lactones) is 1. The molecule has 0 spiro atoms. The third-order valence-corrected chi connectivity index (χ3v) is 1.68. The molecule has 0 bridgehead atoms. The number of carbonyl (C=O) groups excluding carboxylic acids is 1. The average molecular weight is 152 g/mol. The highest BCUT2D eigenvalue weighted by molar-refractivity contribution is 5.72. The largest absolute Gasteiger partial charge is 0.449 e. The van der Waals surface area contributed by atoms with Gasteiger partial charge in [0.1, 0.15) is 0 Å². The summed E-state index contributed by atoms with van der Waals surface area (Å²) in [6, 6.07) is 0. The summed E-state index contributed by atoms with van der Waals surface area (Å²) in [5.74, 6) is 5.98. The normalized spacial score (nSPS) is 29.1. The molecule has 1 fully saturated rings. The van der Waals surface area contributed by atoms with Gasteiger partial charge in [-0.2, -0.15) is 0 Å². The van der Waals surface area contributed by atoms with Gasteiger partial charge in [-0.25, -0.2) is 0 Å². The summed E-state index contributed by atoms with van der Waals surface area (Å²) < 4.78 is 4.96. The van der Waals surface area contributed by atoms with Gasteiger partial charge in [0.2, 0.25) is 0 Å². The van der Waals surface area contributed by atoms with Crippen molar-refractivity contribution in [3.63, 3.8) is 0 Å². The Morgan fingerprint density at radius 3 is 2.91 bits per heavy atom. The minimum absolute atomic E-state index is 0.118. The number of esters is 1. The van der Waals surface area contributed by atoms with Crippen molar-refractivity contribution in [3.8, 4) is 11.8 Å². The van der Waals surface area contributed by atoms with Crippen LogP contribution in [0.25, 0.3) is 0 Å². The standard InChI is InChI=1S/C9H12O2/c1-3-4-5-8-7(2)6-9(10)11-8/h7-8H,3,6H2,1-2H3/t7-,8+/m0/s1. The SMILES string of the molecule is CCC#C[C@H]1OC(=O)C[C@@H]1C. The van der Waals surface area contributed by atoms with Gasteiger partial charge in [-0.15, -0.1) is 0 Å². The van der Waals surface area contributed by atoms with Crippen LogP contribution in [0.15, 0.2) is 0 Å². The van der Waals surface area contributed by atoms with Crippen molar-refractivity contribution in [1.82, 2.24) is 0 Å². The summed E-state index contributed by atoms with van der Waals surface area (Å²) in [4.78, 5) is 10.7. The lowest BCUT2D eigenvalue weighted by atomic mass is 10.0. The Bertz CT molecular complexity index is 209. The zero-order valence-corrected chi connectivity index (χ0v) is 6.89. The lowest BCUT2D eigenvalue weighted by molar-refractivity contribution is -0.139. The van der Waals surface area contributed by atoms with Crippen LogP contribution in [0.1, 0.15) is 26.7 Å². The molecule has 1 aliphatic heterocycles. The van der Waals surface area contributed by atoms with E-state index in [-0.39, 0.29) is 18.0 Å². The van der Waals surface area contributed by atoms with Crippen LogP contribution >= 0.6 is 0 Å². The Kier molecular flexibility index (Phi) is 2.53. The quantitative estimate of drug-likeness (QED) is 0.387. The van der Waals surface area contributed by atoms with Crippen LogP contribution in [0, 0.1) is 17.8 Å². The molecule has 0 aromatic carbocycles. The summed E-state index contributed by atoms with van der Waals surface area (Å²) >= 11 is 0. The highest BCUT2D eigenvalue weighted by atomic mass is 16.5.